The van der Waals surface area contributed by atoms with Crippen LogP contribution in [0.15, 0.2) is 18.2 Å². The molecular weight excluding hydrogens is 277 g/mol. The molecule has 3 heteroatoms. The monoisotopic (exact) mass is 299 g/mol. The average molecular weight is 300 g/mol. The molecule has 1 saturated carbocycles. The normalized spacial score (nSPS) is 23.9. The van der Waals surface area contributed by atoms with Gasteiger partial charge in [0.2, 0.25) is 0 Å². The van der Waals surface area contributed by atoms with Gasteiger partial charge in [0.05, 0.1) is 10.0 Å². The van der Waals surface area contributed by atoms with E-state index in [4.69, 9.17) is 23.2 Å². The van der Waals surface area contributed by atoms with Crippen LogP contribution < -0.4 is 5.32 Å². The second-order valence-corrected chi connectivity index (χ2v) is 6.45. The van der Waals surface area contributed by atoms with Gasteiger partial charge in [-0.3, -0.25) is 0 Å². The van der Waals surface area contributed by atoms with Gasteiger partial charge in [-0.05, 0) is 43.4 Å². The molecule has 1 fully saturated rings. The number of halogens is 2. The lowest BCUT2D eigenvalue weighted by Crippen LogP contribution is -2.18. The summed E-state index contributed by atoms with van der Waals surface area (Å²) in [6, 6.07) is 6.39. The molecule has 0 saturated heterocycles. The molecule has 0 aliphatic heterocycles. The summed E-state index contributed by atoms with van der Waals surface area (Å²) in [4.78, 5) is 0. The van der Waals surface area contributed by atoms with Crippen molar-refractivity contribution in [1.29, 1.82) is 0 Å². The summed E-state index contributed by atoms with van der Waals surface area (Å²) >= 11 is 12.0. The van der Waals surface area contributed by atoms with Crippen LogP contribution in [0.3, 0.4) is 0 Å². The number of rotatable bonds is 4. The molecule has 1 aliphatic rings. The molecule has 1 aromatic rings. The average Bonchev–Trinajstić information content (AvgIpc) is 2.60. The Hall–Kier alpha value is -0.400. The molecule has 0 heterocycles. The van der Waals surface area contributed by atoms with E-state index in [9.17, 15) is 0 Å². The molecule has 1 nitrogen and oxygen atoms in total. The Balaban J connectivity index is 1.90. The van der Waals surface area contributed by atoms with Crippen LogP contribution in [-0.2, 0) is 0 Å². The standard InChI is InChI=1S/C16H23Cl2N/c1-2-4-12-5-3-6-13(8-7-12)19-14-9-10-15(17)16(18)11-14/h9-13,19H,2-8H2,1H3. The van der Waals surface area contributed by atoms with Crippen molar-refractivity contribution in [3.05, 3.63) is 28.2 Å². The topological polar surface area (TPSA) is 12.0 Å². The SMILES string of the molecule is CCCC1CCCC(Nc2ccc(Cl)c(Cl)c2)CC1. The van der Waals surface area contributed by atoms with Gasteiger partial charge in [-0.15, -0.1) is 0 Å². The van der Waals surface area contributed by atoms with E-state index in [0.717, 1.165) is 11.6 Å². The molecule has 0 amide bonds. The Labute approximate surface area is 126 Å². The van der Waals surface area contributed by atoms with Crippen LogP contribution in [0.25, 0.3) is 0 Å². The third-order valence-electron chi connectivity index (χ3n) is 4.08. The van der Waals surface area contributed by atoms with Gasteiger partial charge in [0.25, 0.3) is 0 Å². The fraction of sp³-hybridized carbons (Fsp3) is 0.625. The molecule has 1 aromatic carbocycles. The minimum Gasteiger partial charge on any atom is -0.382 e. The maximum Gasteiger partial charge on any atom is 0.0612 e. The highest BCUT2D eigenvalue weighted by molar-refractivity contribution is 6.42. The summed E-state index contributed by atoms with van der Waals surface area (Å²) < 4.78 is 0. The second-order valence-electron chi connectivity index (χ2n) is 5.63. The van der Waals surface area contributed by atoms with E-state index in [1.807, 2.05) is 18.2 Å². The van der Waals surface area contributed by atoms with Gasteiger partial charge in [-0.25, -0.2) is 0 Å². The van der Waals surface area contributed by atoms with Crippen molar-refractivity contribution in [3.8, 4) is 0 Å². The van der Waals surface area contributed by atoms with Crippen LogP contribution in [0.5, 0.6) is 0 Å². The highest BCUT2D eigenvalue weighted by Gasteiger charge is 2.18. The van der Waals surface area contributed by atoms with Gasteiger partial charge in [-0.2, -0.15) is 0 Å². The second kappa shape index (κ2) is 7.40. The van der Waals surface area contributed by atoms with E-state index in [2.05, 4.69) is 12.2 Å². The summed E-state index contributed by atoms with van der Waals surface area (Å²) in [6.07, 6.45) is 9.32. The summed E-state index contributed by atoms with van der Waals surface area (Å²) in [5.41, 5.74) is 1.09. The first kappa shape index (κ1) is 15.0. The van der Waals surface area contributed by atoms with Crippen LogP contribution in [0.4, 0.5) is 5.69 Å². The summed E-state index contributed by atoms with van der Waals surface area (Å²) in [5.74, 6) is 0.936. The Kier molecular flexibility index (Phi) is 5.84. The van der Waals surface area contributed by atoms with Crippen LogP contribution in [0.1, 0.15) is 51.9 Å². The van der Waals surface area contributed by atoms with Crippen molar-refractivity contribution in [3.63, 3.8) is 0 Å². The summed E-state index contributed by atoms with van der Waals surface area (Å²) in [6.45, 7) is 2.29. The Morgan fingerprint density at radius 3 is 2.68 bits per heavy atom. The zero-order valence-electron chi connectivity index (χ0n) is 11.6. The lowest BCUT2D eigenvalue weighted by atomic mass is 9.95. The molecular formula is C16H23Cl2N. The number of hydrogen-bond donors (Lipinski definition) is 1. The summed E-state index contributed by atoms with van der Waals surface area (Å²) in [5, 5.41) is 4.86. The largest absolute Gasteiger partial charge is 0.382 e. The van der Waals surface area contributed by atoms with Crippen molar-refractivity contribution in [2.45, 2.75) is 57.9 Å². The predicted octanol–water partition coefficient (Wildman–Crippen LogP) is 6.15. The molecule has 0 aromatic heterocycles. The zero-order chi connectivity index (χ0) is 13.7. The third-order valence-corrected chi connectivity index (χ3v) is 4.81. The first-order valence-corrected chi connectivity index (χ1v) is 8.16. The quantitative estimate of drug-likeness (QED) is 0.657. The minimum atomic E-state index is 0.582. The molecule has 1 N–H and O–H groups in total. The van der Waals surface area contributed by atoms with Crippen molar-refractivity contribution >= 4 is 28.9 Å². The smallest absolute Gasteiger partial charge is 0.0612 e. The van der Waals surface area contributed by atoms with Crippen LogP contribution in [0, 0.1) is 5.92 Å². The fourth-order valence-corrected chi connectivity index (χ4v) is 3.34. The van der Waals surface area contributed by atoms with Gasteiger partial charge < -0.3 is 5.32 Å². The highest BCUT2D eigenvalue weighted by Crippen LogP contribution is 2.30. The minimum absolute atomic E-state index is 0.582. The van der Waals surface area contributed by atoms with Gasteiger partial charge >= 0.3 is 0 Å². The molecule has 1 aliphatic carbocycles. The van der Waals surface area contributed by atoms with E-state index in [0.29, 0.717) is 16.1 Å². The van der Waals surface area contributed by atoms with Crippen molar-refractivity contribution in [2.24, 2.45) is 5.92 Å². The van der Waals surface area contributed by atoms with Crippen molar-refractivity contribution in [1.82, 2.24) is 0 Å². The van der Waals surface area contributed by atoms with E-state index in [1.54, 1.807) is 0 Å². The van der Waals surface area contributed by atoms with Gasteiger partial charge in [0.15, 0.2) is 0 Å². The molecule has 19 heavy (non-hydrogen) atoms. The molecule has 106 valence electrons. The third kappa shape index (κ3) is 4.57. The Morgan fingerprint density at radius 2 is 1.95 bits per heavy atom. The van der Waals surface area contributed by atoms with Crippen LogP contribution in [0.2, 0.25) is 10.0 Å². The molecule has 0 spiro atoms. The number of hydrogen-bond acceptors (Lipinski definition) is 1. The zero-order valence-corrected chi connectivity index (χ0v) is 13.1. The van der Waals surface area contributed by atoms with E-state index in [-0.39, 0.29) is 0 Å². The Morgan fingerprint density at radius 1 is 1.11 bits per heavy atom. The molecule has 2 unspecified atom stereocenters. The Bertz CT molecular complexity index is 406. The lowest BCUT2D eigenvalue weighted by molar-refractivity contribution is 0.422. The van der Waals surface area contributed by atoms with E-state index < -0.39 is 0 Å². The van der Waals surface area contributed by atoms with E-state index >= 15 is 0 Å². The highest BCUT2D eigenvalue weighted by atomic mass is 35.5. The van der Waals surface area contributed by atoms with Crippen LogP contribution >= 0.6 is 23.2 Å². The maximum atomic E-state index is 6.06. The van der Waals surface area contributed by atoms with Gasteiger partial charge in [-0.1, -0.05) is 55.8 Å². The predicted molar refractivity (Wildman–Crippen MR) is 85.4 cm³/mol. The first-order chi connectivity index (χ1) is 9.19. The fourth-order valence-electron chi connectivity index (χ4n) is 3.04. The molecule has 0 radical (unpaired) electrons. The van der Waals surface area contributed by atoms with Crippen LogP contribution in [-0.4, -0.2) is 6.04 Å². The van der Waals surface area contributed by atoms with Gasteiger partial charge in [0, 0.05) is 11.7 Å². The summed E-state index contributed by atoms with van der Waals surface area (Å²) in [7, 11) is 0. The molecule has 2 atom stereocenters. The maximum absolute atomic E-state index is 6.06. The number of anilines is 1. The molecule has 2 rings (SSSR count). The number of nitrogens with one attached hydrogen (secondary N) is 1. The molecule has 0 bridgehead atoms. The van der Waals surface area contributed by atoms with Gasteiger partial charge in [0.1, 0.15) is 0 Å². The first-order valence-electron chi connectivity index (χ1n) is 7.40. The van der Waals surface area contributed by atoms with Crippen molar-refractivity contribution < 1.29 is 0 Å². The van der Waals surface area contributed by atoms with E-state index in [1.165, 1.54) is 44.9 Å². The lowest BCUT2D eigenvalue weighted by Gasteiger charge is -2.18. The van der Waals surface area contributed by atoms with Crippen molar-refractivity contribution in [2.75, 3.05) is 5.32 Å². The number of benzene rings is 1.